The van der Waals surface area contributed by atoms with Crippen molar-refractivity contribution in [2.75, 3.05) is 11.9 Å². The Morgan fingerprint density at radius 2 is 2.15 bits per heavy atom. The Balaban J connectivity index is 1.71. The second-order valence-corrected chi connectivity index (χ2v) is 4.89. The van der Waals surface area contributed by atoms with Gasteiger partial charge in [0.1, 0.15) is 12.1 Å². The summed E-state index contributed by atoms with van der Waals surface area (Å²) < 4.78 is 1.75. The van der Waals surface area contributed by atoms with Crippen molar-refractivity contribution in [2.45, 2.75) is 13.3 Å². The largest absolute Gasteiger partial charge is 0.369 e. The van der Waals surface area contributed by atoms with Crippen molar-refractivity contribution in [3.8, 4) is 0 Å². The Hall–Kier alpha value is -2.43. The molecule has 0 saturated carbocycles. The number of nitrogens with zero attached hydrogens (tertiary/aromatic N) is 4. The minimum atomic E-state index is 0.838. The molecule has 0 aliphatic heterocycles. The molecule has 0 bridgehead atoms. The van der Waals surface area contributed by atoms with Gasteiger partial charge in [0.2, 0.25) is 0 Å². The highest BCUT2D eigenvalue weighted by atomic mass is 15.3. The van der Waals surface area contributed by atoms with E-state index in [2.05, 4.69) is 51.6 Å². The van der Waals surface area contributed by atoms with Gasteiger partial charge in [0.05, 0.1) is 11.6 Å². The average molecular weight is 267 g/mol. The van der Waals surface area contributed by atoms with E-state index >= 15 is 0 Å². The Morgan fingerprint density at radius 1 is 1.25 bits per heavy atom. The molecule has 0 aliphatic carbocycles. The molecule has 3 rings (SSSR count). The molecule has 5 nitrogen and oxygen atoms in total. The first-order valence-corrected chi connectivity index (χ1v) is 6.66. The number of rotatable bonds is 4. The Labute approximate surface area is 117 Å². The maximum Gasteiger partial charge on any atom is 0.163 e. The van der Waals surface area contributed by atoms with Crippen LogP contribution >= 0.6 is 0 Å². The molecule has 1 aromatic carbocycles. The molecule has 0 fully saturated rings. The zero-order chi connectivity index (χ0) is 13.9. The van der Waals surface area contributed by atoms with Gasteiger partial charge in [0.25, 0.3) is 0 Å². The van der Waals surface area contributed by atoms with Gasteiger partial charge in [-0.1, -0.05) is 29.8 Å². The molecule has 2 heterocycles. The van der Waals surface area contributed by atoms with E-state index in [0.29, 0.717) is 0 Å². The summed E-state index contributed by atoms with van der Waals surface area (Å²) in [5.74, 6) is 0.843. The second kappa shape index (κ2) is 5.28. The van der Waals surface area contributed by atoms with E-state index in [0.717, 1.165) is 29.8 Å². The van der Waals surface area contributed by atoms with Gasteiger partial charge < -0.3 is 5.32 Å². The van der Waals surface area contributed by atoms with Crippen LogP contribution in [0.1, 0.15) is 11.1 Å². The fourth-order valence-electron chi connectivity index (χ4n) is 2.30. The number of fused-ring (bicyclic) bond motifs is 1. The third kappa shape index (κ3) is 2.47. The van der Waals surface area contributed by atoms with Crippen molar-refractivity contribution in [2.24, 2.45) is 7.05 Å². The standard InChI is InChI=1S/C15H17N5/c1-11-4-3-5-12(8-11)6-7-16-14-13-9-19-20(2)15(13)18-10-17-14/h3-5,8-10H,6-7H2,1-2H3,(H,16,17,18). The first-order valence-electron chi connectivity index (χ1n) is 6.66. The molecule has 3 aromatic rings. The monoisotopic (exact) mass is 267 g/mol. The van der Waals surface area contributed by atoms with Crippen LogP contribution in [0.2, 0.25) is 0 Å². The van der Waals surface area contributed by atoms with Gasteiger partial charge in [-0.25, -0.2) is 9.97 Å². The van der Waals surface area contributed by atoms with E-state index in [4.69, 9.17) is 0 Å². The van der Waals surface area contributed by atoms with Crippen LogP contribution in [0.3, 0.4) is 0 Å². The molecule has 0 spiro atoms. The van der Waals surface area contributed by atoms with Crippen molar-refractivity contribution in [3.63, 3.8) is 0 Å². The Bertz CT molecular complexity index is 732. The van der Waals surface area contributed by atoms with Gasteiger partial charge in [-0.15, -0.1) is 0 Å². The van der Waals surface area contributed by atoms with Crippen LogP contribution in [-0.2, 0) is 13.5 Å². The number of benzene rings is 1. The van der Waals surface area contributed by atoms with Crippen LogP contribution in [0.25, 0.3) is 11.0 Å². The smallest absolute Gasteiger partial charge is 0.163 e. The molecule has 0 aliphatic rings. The number of aromatic nitrogens is 4. The van der Waals surface area contributed by atoms with Crippen LogP contribution in [-0.4, -0.2) is 26.3 Å². The number of hydrogen-bond acceptors (Lipinski definition) is 4. The molecule has 20 heavy (non-hydrogen) atoms. The number of aryl methyl sites for hydroxylation is 2. The fourth-order valence-corrected chi connectivity index (χ4v) is 2.30. The molecular weight excluding hydrogens is 250 g/mol. The van der Waals surface area contributed by atoms with E-state index in [9.17, 15) is 0 Å². The lowest BCUT2D eigenvalue weighted by Crippen LogP contribution is -2.07. The molecule has 5 heteroatoms. The molecule has 0 radical (unpaired) electrons. The summed E-state index contributed by atoms with van der Waals surface area (Å²) in [7, 11) is 1.88. The van der Waals surface area contributed by atoms with Gasteiger partial charge in [-0.05, 0) is 18.9 Å². The minimum Gasteiger partial charge on any atom is -0.369 e. The molecule has 0 atom stereocenters. The molecule has 0 saturated heterocycles. The molecular formula is C15H17N5. The van der Waals surface area contributed by atoms with Crippen molar-refractivity contribution >= 4 is 16.9 Å². The zero-order valence-electron chi connectivity index (χ0n) is 11.7. The summed E-state index contributed by atoms with van der Waals surface area (Å²) in [5.41, 5.74) is 3.46. The lowest BCUT2D eigenvalue weighted by atomic mass is 10.1. The maximum atomic E-state index is 4.29. The average Bonchev–Trinajstić information content (AvgIpc) is 2.82. The predicted octanol–water partition coefficient (Wildman–Crippen LogP) is 2.33. The summed E-state index contributed by atoms with van der Waals surface area (Å²) >= 11 is 0. The lowest BCUT2D eigenvalue weighted by Gasteiger charge is -2.07. The van der Waals surface area contributed by atoms with Gasteiger partial charge >= 0.3 is 0 Å². The van der Waals surface area contributed by atoms with E-state index in [1.165, 1.54) is 11.1 Å². The van der Waals surface area contributed by atoms with Crippen LogP contribution in [0.5, 0.6) is 0 Å². The summed E-state index contributed by atoms with van der Waals surface area (Å²) in [4.78, 5) is 8.52. The van der Waals surface area contributed by atoms with Crippen molar-refractivity contribution < 1.29 is 0 Å². The lowest BCUT2D eigenvalue weighted by molar-refractivity contribution is 0.785. The second-order valence-electron chi connectivity index (χ2n) is 4.89. The van der Waals surface area contributed by atoms with Crippen molar-refractivity contribution in [1.82, 2.24) is 19.7 Å². The topological polar surface area (TPSA) is 55.6 Å². The summed E-state index contributed by atoms with van der Waals surface area (Å²) in [6.45, 7) is 2.95. The summed E-state index contributed by atoms with van der Waals surface area (Å²) in [6.07, 6.45) is 4.33. The van der Waals surface area contributed by atoms with Gasteiger partial charge in [0.15, 0.2) is 5.65 Å². The highest BCUT2D eigenvalue weighted by Crippen LogP contribution is 2.17. The Kier molecular flexibility index (Phi) is 3.33. The molecule has 0 amide bonds. The molecule has 102 valence electrons. The van der Waals surface area contributed by atoms with E-state index in [1.807, 2.05) is 7.05 Å². The number of anilines is 1. The number of hydrogen-bond donors (Lipinski definition) is 1. The molecule has 2 aromatic heterocycles. The summed E-state index contributed by atoms with van der Waals surface area (Å²) in [6, 6.07) is 8.56. The first-order chi connectivity index (χ1) is 9.74. The highest BCUT2D eigenvalue weighted by Gasteiger charge is 2.06. The highest BCUT2D eigenvalue weighted by molar-refractivity contribution is 5.85. The summed E-state index contributed by atoms with van der Waals surface area (Å²) in [5, 5.41) is 8.53. The molecule has 0 unspecified atom stereocenters. The van der Waals surface area contributed by atoms with Gasteiger partial charge in [-0.3, -0.25) is 4.68 Å². The normalized spacial score (nSPS) is 10.9. The molecule has 1 N–H and O–H groups in total. The van der Waals surface area contributed by atoms with E-state index < -0.39 is 0 Å². The van der Waals surface area contributed by atoms with Gasteiger partial charge in [0, 0.05) is 13.6 Å². The van der Waals surface area contributed by atoms with Crippen molar-refractivity contribution in [1.29, 1.82) is 0 Å². The third-order valence-corrected chi connectivity index (χ3v) is 3.32. The zero-order valence-corrected chi connectivity index (χ0v) is 11.7. The van der Waals surface area contributed by atoms with E-state index in [-0.39, 0.29) is 0 Å². The van der Waals surface area contributed by atoms with Gasteiger partial charge in [-0.2, -0.15) is 5.10 Å². The maximum absolute atomic E-state index is 4.29. The van der Waals surface area contributed by atoms with Crippen LogP contribution < -0.4 is 5.32 Å². The quantitative estimate of drug-likeness (QED) is 0.788. The first kappa shape index (κ1) is 12.6. The fraction of sp³-hybridized carbons (Fsp3) is 0.267. The third-order valence-electron chi connectivity index (χ3n) is 3.32. The van der Waals surface area contributed by atoms with Crippen LogP contribution in [0.4, 0.5) is 5.82 Å². The van der Waals surface area contributed by atoms with Crippen molar-refractivity contribution in [3.05, 3.63) is 47.9 Å². The number of nitrogens with one attached hydrogen (secondary N) is 1. The Morgan fingerprint density at radius 3 is 3.00 bits per heavy atom. The van der Waals surface area contributed by atoms with Crippen LogP contribution in [0, 0.1) is 6.92 Å². The van der Waals surface area contributed by atoms with Crippen LogP contribution in [0.15, 0.2) is 36.8 Å². The van der Waals surface area contributed by atoms with E-state index in [1.54, 1.807) is 17.2 Å². The SMILES string of the molecule is Cc1cccc(CCNc2ncnc3c2cnn3C)c1. The predicted molar refractivity (Wildman–Crippen MR) is 79.7 cm³/mol. The minimum absolute atomic E-state index is 0.838.